The fourth-order valence-corrected chi connectivity index (χ4v) is 3.20. The predicted molar refractivity (Wildman–Crippen MR) is 79.4 cm³/mol. The average Bonchev–Trinajstić information content (AvgIpc) is 2.19. The summed E-state index contributed by atoms with van der Waals surface area (Å²) < 4.78 is 6.18. The first-order valence-electron chi connectivity index (χ1n) is 7.10. The number of hydrogen-bond acceptors (Lipinski definition) is 3. The quantitative estimate of drug-likeness (QED) is 0.601. The maximum absolute atomic E-state index is 11.4. The van der Waals surface area contributed by atoms with E-state index in [4.69, 9.17) is 4.43 Å². The molecule has 4 nitrogen and oxygen atoms in total. The van der Waals surface area contributed by atoms with Gasteiger partial charge in [-0.15, -0.1) is 0 Å². The third kappa shape index (κ3) is 3.58. The molecule has 0 aliphatic carbocycles. The maximum Gasteiger partial charge on any atom is 0.228 e. The molecule has 0 aromatic rings. The van der Waals surface area contributed by atoms with Crippen molar-refractivity contribution in [2.24, 2.45) is 11.8 Å². The Hall–Kier alpha value is -0.393. The minimum absolute atomic E-state index is 0.0391. The molecule has 2 N–H and O–H groups in total. The Bertz CT molecular complexity index is 336. The van der Waals surface area contributed by atoms with Crippen molar-refractivity contribution >= 4 is 14.2 Å². The molecule has 1 aliphatic rings. The third-order valence-electron chi connectivity index (χ3n) is 4.64. The topological polar surface area (TPSA) is 58.6 Å². The fourth-order valence-electron chi connectivity index (χ4n) is 2.09. The highest BCUT2D eigenvalue weighted by atomic mass is 28.4. The monoisotopic (exact) mass is 287 g/mol. The summed E-state index contributed by atoms with van der Waals surface area (Å²) in [4.78, 5) is 11.4. The highest BCUT2D eigenvalue weighted by Gasteiger charge is 2.46. The van der Waals surface area contributed by atoms with Crippen LogP contribution in [0, 0.1) is 11.8 Å². The van der Waals surface area contributed by atoms with Crippen LogP contribution in [-0.2, 0) is 9.22 Å². The molecule has 112 valence electrons. The van der Waals surface area contributed by atoms with Gasteiger partial charge in [0.15, 0.2) is 8.32 Å². The number of rotatable bonds is 5. The van der Waals surface area contributed by atoms with E-state index in [2.05, 4.69) is 46.1 Å². The first kappa shape index (κ1) is 16.7. The zero-order valence-corrected chi connectivity index (χ0v) is 14.3. The average molecular weight is 287 g/mol. The molecule has 4 atom stereocenters. The summed E-state index contributed by atoms with van der Waals surface area (Å²) in [5, 5.41) is 12.7. The Morgan fingerprint density at radius 1 is 1.37 bits per heavy atom. The lowest BCUT2D eigenvalue weighted by molar-refractivity contribution is -0.143. The van der Waals surface area contributed by atoms with Crippen molar-refractivity contribution in [1.82, 2.24) is 5.32 Å². The van der Waals surface area contributed by atoms with Gasteiger partial charge in [0, 0.05) is 12.6 Å². The second kappa shape index (κ2) is 5.54. The molecule has 1 aliphatic heterocycles. The molecule has 0 bridgehead atoms. The number of aliphatic hydroxyl groups excluding tert-OH is 1. The van der Waals surface area contributed by atoms with E-state index < -0.39 is 14.4 Å². The molecular formula is C14H29NO3Si. The van der Waals surface area contributed by atoms with Gasteiger partial charge >= 0.3 is 0 Å². The molecule has 1 amide bonds. The Morgan fingerprint density at radius 2 is 1.89 bits per heavy atom. The summed E-state index contributed by atoms with van der Waals surface area (Å²) in [6, 6.07) is 0.0391. The van der Waals surface area contributed by atoms with E-state index in [-0.39, 0.29) is 28.8 Å². The first-order valence-corrected chi connectivity index (χ1v) is 10.0. The van der Waals surface area contributed by atoms with Crippen molar-refractivity contribution in [3.8, 4) is 0 Å². The van der Waals surface area contributed by atoms with Crippen LogP contribution < -0.4 is 5.32 Å². The zero-order chi connectivity index (χ0) is 15.0. The SMILES string of the molecule is C[C@@H](O)[C@H]1C(=O)N[C@@H]1[C@@H](C)CO[Si](C)(C)C(C)(C)C. The van der Waals surface area contributed by atoms with E-state index in [1.54, 1.807) is 6.92 Å². The van der Waals surface area contributed by atoms with Gasteiger partial charge in [0.1, 0.15) is 0 Å². The molecule has 1 fully saturated rings. The number of aliphatic hydroxyl groups is 1. The Balaban J connectivity index is 2.53. The van der Waals surface area contributed by atoms with Gasteiger partial charge in [0.25, 0.3) is 0 Å². The van der Waals surface area contributed by atoms with Crippen molar-refractivity contribution in [2.75, 3.05) is 6.61 Å². The summed E-state index contributed by atoms with van der Waals surface area (Å²) in [7, 11) is -1.74. The molecule has 0 saturated carbocycles. The minimum Gasteiger partial charge on any atom is -0.416 e. The van der Waals surface area contributed by atoms with E-state index in [1.165, 1.54) is 0 Å². The highest BCUT2D eigenvalue weighted by Crippen LogP contribution is 2.37. The van der Waals surface area contributed by atoms with Gasteiger partial charge in [0.2, 0.25) is 5.91 Å². The number of carbonyl (C=O) groups excluding carboxylic acids is 1. The van der Waals surface area contributed by atoms with Gasteiger partial charge in [0.05, 0.1) is 12.0 Å². The van der Waals surface area contributed by atoms with Crippen molar-refractivity contribution < 1.29 is 14.3 Å². The number of β-lactam (4-membered cyclic amide) rings is 1. The van der Waals surface area contributed by atoms with Crippen LogP contribution in [0.5, 0.6) is 0 Å². The van der Waals surface area contributed by atoms with E-state index in [1.807, 2.05) is 0 Å². The smallest absolute Gasteiger partial charge is 0.228 e. The summed E-state index contributed by atoms with van der Waals surface area (Å²) in [5.41, 5.74) is 0. The van der Waals surface area contributed by atoms with Crippen molar-refractivity contribution in [3.05, 3.63) is 0 Å². The molecule has 0 unspecified atom stereocenters. The number of carbonyl (C=O) groups is 1. The van der Waals surface area contributed by atoms with Crippen LogP contribution in [0.3, 0.4) is 0 Å². The summed E-state index contributed by atoms with van der Waals surface area (Å²) >= 11 is 0. The lowest BCUT2D eigenvalue weighted by Crippen LogP contribution is -2.65. The maximum atomic E-state index is 11.4. The van der Waals surface area contributed by atoms with Crippen molar-refractivity contribution in [2.45, 2.75) is 64.9 Å². The predicted octanol–water partition coefficient (Wildman–Crippen LogP) is 2.14. The normalized spacial score (nSPS) is 27.5. The molecule has 1 rings (SSSR count). The van der Waals surface area contributed by atoms with Crippen LogP contribution in [0.2, 0.25) is 18.1 Å². The van der Waals surface area contributed by atoms with Gasteiger partial charge in [-0.2, -0.15) is 0 Å². The molecule has 19 heavy (non-hydrogen) atoms. The molecule has 0 aromatic heterocycles. The lowest BCUT2D eigenvalue weighted by Gasteiger charge is -2.44. The largest absolute Gasteiger partial charge is 0.416 e. The third-order valence-corrected chi connectivity index (χ3v) is 9.15. The minimum atomic E-state index is -1.74. The van der Waals surface area contributed by atoms with Crippen molar-refractivity contribution in [3.63, 3.8) is 0 Å². The highest BCUT2D eigenvalue weighted by molar-refractivity contribution is 6.74. The molecule has 0 radical (unpaired) electrons. The number of nitrogens with one attached hydrogen (secondary N) is 1. The number of amides is 1. The second-order valence-corrected chi connectivity index (χ2v) is 12.2. The van der Waals surface area contributed by atoms with Crippen LogP contribution >= 0.6 is 0 Å². The number of hydrogen-bond donors (Lipinski definition) is 2. The molecule has 1 saturated heterocycles. The summed E-state index contributed by atoms with van der Waals surface area (Å²) in [5.74, 6) is -0.0939. The van der Waals surface area contributed by atoms with Crippen LogP contribution in [0.25, 0.3) is 0 Å². The standard InChI is InChI=1S/C14H29NO3Si/c1-9(8-18-19(6,7)14(3,4)5)12-11(10(2)16)13(17)15-12/h9-12,16H,8H2,1-7H3,(H,15,17)/t9-,10+,11+,12+/m0/s1. The van der Waals surface area contributed by atoms with Crippen LogP contribution in [-0.4, -0.2) is 38.1 Å². The second-order valence-electron chi connectivity index (χ2n) is 7.35. The van der Waals surface area contributed by atoms with Crippen LogP contribution in [0.4, 0.5) is 0 Å². The first-order chi connectivity index (χ1) is 8.47. The van der Waals surface area contributed by atoms with Gasteiger partial charge in [-0.3, -0.25) is 4.79 Å². The van der Waals surface area contributed by atoms with Gasteiger partial charge in [-0.25, -0.2) is 0 Å². The van der Waals surface area contributed by atoms with Crippen LogP contribution in [0.15, 0.2) is 0 Å². The van der Waals surface area contributed by atoms with Crippen molar-refractivity contribution in [1.29, 1.82) is 0 Å². The van der Waals surface area contributed by atoms with Gasteiger partial charge in [-0.1, -0.05) is 27.7 Å². The zero-order valence-electron chi connectivity index (χ0n) is 13.3. The Labute approximate surface area is 118 Å². The molecule has 0 aromatic carbocycles. The van der Waals surface area contributed by atoms with E-state index >= 15 is 0 Å². The van der Waals surface area contributed by atoms with Gasteiger partial charge in [-0.05, 0) is 31.0 Å². The Morgan fingerprint density at radius 3 is 2.26 bits per heavy atom. The van der Waals surface area contributed by atoms with E-state index in [0.29, 0.717) is 6.61 Å². The summed E-state index contributed by atoms with van der Waals surface area (Å²) in [6.45, 7) is 15.5. The molecule has 5 heteroatoms. The van der Waals surface area contributed by atoms with Crippen LogP contribution in [0.1, 0.15) is 34.6 Å². The fraction of sp³-hybridized carbons (Fsp3) is 0.929. The lowest BCUT2D eigenvalue weighted by atomic mass is 9.79. The van der Waals surface area contributed by atoms with E-state index in [9.17, 15) is 9.90 Å². The Kier molecular flexibility index (Phi) is 4.86. The molecule has 0 spiro atoms. The van der Waals surface area contributed by atoms with Gasteiger partial charge < -0.3 is 14.8 Å². The molecule has 1 heterocycles. The van der Waals surface area contributed by atoms with E-state index in [0.717, 1.165) is 0 Å². The molecular weight excluding hydrogens is 258 g/mol. The summed E-state index contributed by atoms with van der Waals surface area (Å²) in [6.07, 6.45) is -0.589.